The Hall–Kier alpha value is -1.38. The van der Waals surface area contributed by atoms with E-state index >= 15 is 0 Å². The maximum atomic E-state index is 11.6. The lowest BCUT2D eigenvalue weighted by Crippen LogP contribution is -2.29. The molecule has 66 valence electrons. The maximum Gasteiger partial charge on any atom is 0.451 e. The van der Waals surface area contributed by atoms with Crippen LogP contribution in [0.5, 0.6) is 0 Å². The quantitative estimate of drug-likeness (QED) is 0.603. The summed E-state index contributed by atoms with van der Waals surface area (Å²) in [6, 6.07) is 1.11. The van der Waals surface area contributed by atoms with E-state index in [2.05, 4.69) is 0 Å². The Morgan fingerprint density at radius 2 is 2.08 bits per heavy atom. The summed E-state index contributed by atoms with van der Waals surface area (Å²) < 4.78 is 34.8. The van der Waals surface area contributed by atoms with Crippen LogP contribution >= 0.6 is 0 Å². The fourth-order valence-electron chi connectivity index (χ4n) is 0.512. The van der Waals surface area contributed by atoms with Gasteiger partial charge in [-0.05, 0) is 0 Å². The van der Waals surface area contributed by atoms with E-state index in [-0.39, 0.29) is 6.29 Å². The predicted octanol–water partition coefficient (Wildman–Crippen LogP) is 0.847. The summed E-state index contributed by atoms with van der Waals surface area (Å²) in [7, 11) is 0. The topological polar surface area (TPSA) is 57.9 Å². The highest BCUT2D eigenvalue weighted by Gasteiger charge is 2.43. The summed E-state index contributed by atoms with van der Waals surface area (Å²) in [5, 5.41) is 8.06. The van der Waals surface area contributed by atoms with Crippen LogP contribution in [0.25, 0.3) is 0 Å². The van der Waals surface area contributed by atoms with Crippen LogP contribution in [-0.2, 0) is 9.59 Å². The minimum Gasteiger partial charge on any atom is -0.303 e. The number of hydrogen-bond donors (Lipinski definition) is 0. The standard InChI is InChI=1S/C6H4F3NO2/c7-6(8,9)5(12)4(3-10)1-2-11/h2,4H,1H2. The van der Waals surface area contributed by atoms with Crippen LogP contribution in [0, 0.1) is 17.2 Å². The van der Waals surface area contributed by atoms with Crippen molar-refractivity contribution in [2.45, 2.75) is 12.6 Å². The SMILES string of the molecule is N#CC(CC=O)C(=O)C(F)(F)F. The summed E-state index contributed by atoms with van der Waals surface area (Å²) in [6.45, 7) is 0. The number of nitriles is 1. The van der Waals surface area contributed by atoms with Crippen molar-refractivity contribution in [2.24, 2.45) is 5.92 Å². The summed E-state index contributed by atoms with van der Waals surface area (Å²) in [5.41, 5.74) is 0. The first kappa shape index (κ1) is 10.6. The van der Waals surface area contributed by atoms with Crippen molar-refractivity contribution >= 4 is 12.1 Å². The first-order valence-corrected chi connectivity index (χ1v) is 2.87. The molecule has 6 heteroatoms. The fourth-order valence-corrected chi connectivity index (χ4v) is 0.512. The Bertz CT molecular complexity index is 228. The zero-order valence-corrected chi connectivity index (χ0v) is 5.76. The molecule has 0 saturated heterocycles. The molecule has 0 bridgehead atoms. The Morgan fingerprint density at radius 1 is 1.58 bits per heavy atom. The van der Waals surface area contributed by atoms with Gasteiger partial charge in [-0.15, -0.1) is 0 Å². The van der Waals surface area contributed by atoms with Gasteiger partial charge in [0.2, 0.25) is 0 Å². The molecule has 0 radical (unpaired) electrons. The number of carbonyl (C=O) groups excluding carboxylic acids is 2. The fraction of sp³-hybridized carbons (Fsp3) is 0.500. The Morgan fingerprint density at radius 3 is 2.33 bits per heavy atom. The van der Waals surface area contributed by atoms with Crippen LogP contribution in [0.2, 0.25) is 0 Å². The number of hydrogen-bond acceptors (Lipinski definition) is 3. The van der Waals surface area contributed by atoms with E-state index in [0.717, 1.165) is 6.07 Å². The second-order valence-electron chi connectivity index (χ2n) is 1.95. The zero-order chi connectivity index (χ0) is 9.78. The third kappa shape index (κ3) is 2.70. The highest BCUT2D eigenvalue weighted by atomic mass is 19.4. The molecule has 0 aliphatic heterocycles. The van der Waals surface area contributed by atoms with Gasteiger partial charge in [-0.1, -0.05) is 0 Å². The smallest absolute Gasteiger partial charge is 0.303 e. The van der Waals surface area contributed by atoms with Crippen molar-refractivity contribution < 1.29 is 22.8 Å². The van der Waals surface area contributed by atoms with Crippen molar-refractivity contribution in [3.8, 4) is 6.07 Å². The molecule has 0 aromatic carbocycles. The monoisotopic (exact) mass is 179 g/mol. The van der Waals surface area contributed by atoms with Gasteiger partial charge in [0.1, 0.15) is 12.2 Å². The molecule has 0 spiro atoms. The normalized spacial score (nSPS) is 13.2. The number of aldehydes is 1. The molecule has 12 heavy (non-hydrogen) atoms. The number of halogens is 3. The van der Waals surface area contributed by atoms with Crippen LogP contribution < -0.4 is 0 Å². The van der Waals surface area contributed by atoms with Crippen LogP contribution in [0.3, 0.4) is 0 Å². The Labute approximate surface area is 65.8 Å². The molecule has 0 rings (SSSR count). The summed E-state index contributed by atoms with van der Waals surface area (Å²) >= 11 is 0. The minimum atomic E-state index is -5.04. The molecule has 0 fully saturated rings. The third-order valence-electron chi connectivity index (χ3n) is 1.08. The van der Waals surface area contributed by atoms with Gasteiger partial charge in [0.25, 0.3) is 5.78 Å². The van der Waals surface area contributed by atoms with Crippen molar-refractivity contribution in [1.29, 1.82) is 5.26 Å². The summed E-state index contributed by atoms with van der Waals surface area (Å²) in [6.07, 6.45) is -5.64. The lowest BCUT2D eigenvalue weighted by Gasteiger charge is -2.06. The number of Topliss-reactive ketones (excluding diaryl/α,β-unsaturated/α-hetero) is 1. The van der Waals surface area contributed by atoms with Crippen LogP contribution in [-0.4, -0.2) is 18.2 Å². The van der Waals surface area contributed by atoms with Crippen LogP contribution in [0.1, 0.15) is 6.42 Å². The van der Waals surface area contributed by atoms with Gasteiger partial charge in [-0.25, -0.2) is 0 Å². The van der Waals surface area contributed by atoms with Gasteiger partial charge in [0.05, 0.1) is 6.07 Å². The molecule has 0 heterocycles. The summed E-state index contributed by atoms with van der Waals surface area (Å²) in [4.78, 5) is 20.0. The largest absolute Gasteiger partial charge is 0.451 e. The highest BCUT2D eigenvalue weighted by Crippen LogP contribution is 2.21. The molecular formula is C6H4F3NO2. The average molecular weight is 179 g/mol. The lowest BCUT2D eigenvalue weighted by atomic mass is 10.0. The second kappa shape index (κ2) is 3.85. The molecule has 1 unspecified atom stereocenters. The molecular weight excluding hydrogens is 175 g/mol. The summed E-state index contributed by atoms with van der Waals surface area (Å²) in [5.74, 6) is -4.07. The van der Waals surface area contributed by atoms with Gasteiger partial charge >= 0.3 is 6.18 Å². The Kier molecular flexibility index (Phi) is 3.41. The lowest BCUT2D eigenvalue weighted by molar-refractivity contribution is -0.174. The average Bonchev–Trinajstić information content (AvgIpc) is 1.97. The van der Waals surface area contributed by atoms with Crippen molar-refractivity contribution in [3.63, 3.8) is 0 Å². The predicted molar refractivity (Wildman–Crippen MR) is 30.8 cm³/mol. The maximum absolute atomic E-state index is 11.6. The van der Waals surface area contributed by atoms with E-state index in [9.17, 15) is 22.8 Å². The van der Waals surface area contributed by atoms with Gasteiger partial charge in [-0.2, -0.15) is 18.4 Å². The third-order valence-corrected chi connectivity index (χ3v) is 1.08. The molecule has 0 aliphatic carbocycles. The number of ketones is 1. The second-order valence-corrected chi connectivity index (χ2v) is 1.95. The molecule has 1 atom stereocenters. The molecule has 0 N–H and O–H groups in total. The zero-order valence-electron chi connectivity index (χ0n) is 5.76. The molecule has 0 aliphatic rings. The van der Waals surface area contributed by atoms with E-state index in [1.54, 1.807) is 0 Å². The van der Waals surface area contributed by atoms with Crippen molar-refractivity contribution in [2.75, 3.05) is 0 Å². The van der Waals surface area contributed by atoms with Gasteiger partial charge < -0.3 is 4.79 Å². The van der Waals surface area contributed by atoms with Crippen molar-refractivity contribution in [3.05, 3.63) is 0 Å². The van der Waals surface area contributed by atoms with Gasteiger partial charge in [0, 0.05) is 6.42 Å². The highest BCUT2D eigenvalue weighted by molar-refractivity contribution is 5.89. The first-order valence-electron chi connectivity index (χ1n) is 2.87. The van der Waals surface area contributed by atoms with E-state index in [1.165, 1.54) is 0 Å². The number of nitrogens with zero attached hydrogens (tertiary/aromatic N) is 1. The molecule has 0 saturated carbocycles. The van der Waals surface area contributed by atoms with E-state index in [0.29, 0.717) is 0 Å². The Balaban J connectivity index is 4.45. The van der Waals surface area contributed by atoms with Gasteiger partial charge in [-0.3, -0.25) is 4.79 Å². The van der Waals surface area contributed by atoms with Gasteiger partial charge in [0.15, 0.2) is 0 Å². The number of carbonyl (C=O) groups is 2. The molecule has 3 nitrogen and oxygen atoms in total. The number of alkyl halides is 3. The number of rotatable bonds is 3. The molecule has 0 aromatic rings. The minimum absolute atomic E-state index is 0.109. The molecule has 0 amide bonds. The van der Waals surface area contributed by atoms with E-state index in [1.807, 2.05) is 0 Å². The van der Waals surface area contributed by atoms with E-state index in [4.69, 9.17) is 5.26 Å². The van der Waals surface area contributed by atoms with Crippen LogP contribution in [0.15, 0.2) is 0 Å². The van der Waals surface area contributed by atoms with Crippen molar-refractivity contribution in [1.82, 2.24) is 0 Å². The first-order chi connectivity index (χ1) is 5.43. The van der Waals surface area contributed by atoms with E-state index < -0.39 is 24.3 Å². The van der Waals surface area contributed by atoms with Crippen LogP contribution in [0.4, 0.5) is 13.2 Å². The molecule has 0 aromatic heterocycles.